The van der Waals surface area contributed by atoms with Crippen LogP contribution in [0.4, 0.5) is 5.69 Å². The van der Waals surface area contributed by atoms with E-state index in [1.54, 1.807) is 31.2 Å². The maximum Gasteiger partial charge on any atom is 0.261 e. The zero-order chi connectivity index (χ0) is 17.4. The van der Waals surface area contributed by atoms with Crippen LogP contribution in [-0.2, 0) is 0 Å². The Hall–Kier alpha value is -3.75. The lowest BCUT2D eigenvalue weighted by Crippen LogP contribution is -2.15. The van der Waals surface area contributed by atoms with Crippen LogP contribution in [0.3, 0.4) is 0 Å². The Morgan fingerprint density at radius 1 is 1.28 bits per heavy atom. The van der Waals surface area contributed by atoms with E-state index >= 15 is 0 Å². The first-order valence-corrected chi connectivity index (χ1v) is 7.38. The summed E-state index contributed by atoms with van der Waals surface area (Å²) >= 11 is 0. The maximum atomic E-state index is 12.5. The molecule has 0 fully saturated rings. The highest BCUT2D eigenvalue weighted by Crippen LogP contribution is 2.21. The molecule has 1 amide bonds. The molecule has 0 radical (unpaired) electrons. The van der Waals surface area contributed by atoms with Crippen molar-refractivity contribution in [2.24, 2.45) is 0 Å². The smallest absolute Gasteiger partial charge is 0.261 e. The quantitative estimate of drug-likeness (QED) is 0.523. The molecule has 0 bridgehead atoms. The number of anilines is 1. The summed E-state index contributed by atoms with van der Waals surface area (Å²) in [6, 6.07) is 7.02. The second-order valence-corrected chi connectivity index (χ2v) is 5.33. The number of amides is 1. The average molecular weight is 336 g/mol. The molecule has 9 heteroatoms. The fourth-order valence-electron chi connectivity index (χ4n) is 2.50. The van der Waals surface area contributed by atoms with Crippen molar-refractivity contribution in [2.75, 3.05) is 5.32 Å². The van der Waals surface area contributed by atoms with E-state index in [0.29, 0.717) is 28.6 Å². The number of aromatic amines is 2. The van der Waals surface area contributed by atoms with E-state index in [1.807, 2.05) is 0 Å². The van der Waals surface area contributed by atoms with Crippen molar-refractivity contribution >= 4 is 22.6 Å². The third-order valence-electron chi connectivity index (χ3n) is 3.63. The summed E-state index contributed by atoms with van der Waals surface area (Å²) in [6.45, 7) is 1.70. The van der Waals surface area contributed by atoms with Gasteiger partial charge < -0.3 is 19.8 Å². The van der Waals surface area contributed by atoms with E-state index in [2.05, 4.69) is 30.4 Å². The standard InChI is InChI=1S/C16H12N6O3/c1-8-20-13(22-25-8)9-3-2-4-10(5-9)21-15(23)11-6-17-14-12(11)16(24)19-7-18-14/h2-7H,1H3,(H,21,23)(H2,17,18,19,24). The van der Waals surface area contributed by atoms with E-state index in [0.717, 1.165) is 0 Å². The molecule has 0 unspecified atom stereocenters. The average Bonchev–Trinajstić information content (AvgIpc) is 3.22. The van der Waals surface area contributed by atoms with Crippen LogP contribution in [0.5, 0.6) is 0 Å². The van der Waals surface area contributed by atoms with Gasteiger partial charge in [-0.05, 0) is 12.1 Å². The largest absolute Gasteiger partial charge is 0.345 e. The highest BCUT2D eigenvalue weighted by atomic mass is 16.5. The third-order valence-corrected chi connectivity index (χ3v) is 3.63. The van der Waals surface area contributed by atoms with Crippen molar-refractivity contribution in [3.63, 3.8) is 0 Å². The summed E-state index contributed by atoms with van der Waals surface area (Å²) < 4.78 is 4.96. The Bertz CT molecular complexity index is 1140. The third kappa shape index (κ3) is 2.67. The van der Waals surface area contributed by atoms with Gasteiger partial charge in [-0.2, -0.15) is 4.98 Å². The van der Waals surface area contributed by atoms with Gasteiger partial charge >= 0.3 is 0 Å². The lowest BCUT2D eigenvalue weighted by atomic mass is 10.1. The number of hydrogen-bond acceptors (Lipinski definition) is 6. The molecule has 25 heavy (non-hydrogen) atoms. The molecule has 3 heterocycles. The van der Waals surface area contributed by atoms with Crippen molar-refractivity contribution in [3.8, 4) is 11.4 Å². The first-order chi connectivity index (χ1) is 12.1. The zero-order valence-corrected chi connectivity index (χ0v) is 13.0. The van der Waals surface area contributed by atoms with Gasteiger partial charge in [0.05, 0.1) is 17.3 Å². The summed E-state index contributed by atoms with van der Waals surface area (Å²) in [5, 5.41) is 6.82. The van der Waals surface area contributed by atoms with Crippen molar-refractivity contribution in [2.45, 2.75) is 6.92 Å². The van der Waals surface area contributed by atoms with E-state index in [9.17, 15) is 9.59 Å². The second kappa shape index (κ2) is 5.71. The number of hydrogen-bond donors (Lipinski definition) is 3. The molecule has 3 N–H and O–H groups in total. The number of nitrogens with one attached hydrogen (secondary N) is 3. The van der Waals surface area contributed by atoms with Gasteiger partial charge in [-0.1, -0.05) is 17.3 Å². The summed E-state index contributed by atoms with van der Waals surface area (Å²) in [6.07, 6.45) is 2.73. The van der Waals surface area contributed by atoms with Crippen LogP contribution >= 0.6 is 0 Å². The lowest BCUT2D eigenvalue weighted by Gasteiger charge is -2.05. The summed E-state index contributed by atoms with van der Waals surface area (Å²) in [4.78, 5) is 37.9. The van der Waals surface area contributed by atoms with Gasteiger partial charge in [-0.15, -0.1) is 0 Å². The molecule has 9 nitrogen and oxygen atoms in total. The van der Waals surface area contributed by atoms with E-state index in [-0.39, 0.29) is 16.5 Å². The molecule has 4 aromatic rings. The molecule has 0 aliphatic carbocycles. The number of aromatic nitrogens is 5. The molecule has 0 atom stereocenters. The van der Waals surface area contributed by atoms with Gasteiger partial charge in [0.25, 0.3) is 11.5 Å². The Kier molecular flexibility index (Phi) is 3.38. The molecule has 0 aliphatic rings. The second-order valence-electron chi connectivity index (χ2n) is 5.33. The highest BCUT2D eigenvalue weighted by Gasteiger charge is 2.16. The minimum absolute atomic E-state index is 0.213. The van der Waals surface area contributed by atoms with E-state index in [1.165, 1.54) is 12.5 Å². The fraction of sp³-hybridized carbons (Fsp3) is 0.0625. The highest BCUT2D eigenvalue weighted by molar-refractivity contribution is 6.12. The lowest BCUT2D eigenvalue weighted by molar-refractivity contribution is 0.102. The van der Waals surface area contributed by atoms with Crippen LogP contribution in [0, 0.1) is 6.92 Å². The van der Waals surface area contributed by atoms with E-state index in [4.69, 9.17) is 4.52 Å². The van der Waals surface area contributed by atoms with Gasteiger partial charge in [0.2, 0.25) is 11.7 Å². The number of fused-ring (bicyclic) bond motifs is 1. The Morgan fingerprint density at radius 3 is 2.96 bits per heavy atom. The van der Waals surface area contributed by atoms with Gasteiger partial charge in [0.1, 0.15) is 5.65 Å². The molecule has 0 spiro atoms. The molecule has 3 aromatic heterocycles. The molecule has 0 saturated carbocycles. The SMILES string of the molecule is Cc1nc(-c2cccc(NC(=O)c3c[nH]c4nc[nH]c(=O)c34)c2)no1. The minimum Gasteiger partial charge on any atom is -0.345 e. The molecule has 1 aromatic carbocycles. The van der Waals surface area contributed by atoms with Gasteiger partial charge in [0, 0.05) is 24.4 Å². The Labute approximate surface area is 140 Å². The fourth-order valence-corrected chi connectivity index (χ4v) is 2.50. The molecular weight excluding hydrogens is 324 g/mol. The van der Waals surface area contributed by atoms with E-state index < -0.39 is 5.91 Å². The van der Waals surface area contributed by atoms with Crippen molar-refractivity contribution < 1.29 is 9.32 Å². The number of benzene rings is 1. The summed E-state index contributed by atoms with van der Waals surface area (Å²) in [7, 11) is 0. The monoisotopic (exact) mass is 336 g/mol. The predicted molar refractivity (Wildman–Crippen MR) is 89.1 cm³/mol. The number of H-pyrrole nitrogens is 2. The van der Waals surface area contributed by atoms with Gasteiger partial charge in [-0.25, -0.2) is 4.98 Å². The summed E-state index contributed by atoms with van der Waals surface area (Å²) in [5.41, 5.74) is 1.43. The normalized spacial score (nSPS) is 10.9. The summed E-state index contributed by atoms with van der Waals surface area (Å²) in [5.74, 6) is 0.461. The first kappa shape index (κ1) is 14.8. The van der Waals surface area contributed by atoms with Crippen molar-refractivity contribution in [1.29, 1.82) is 0 Å². The Balaban J connectivity index is 1.66. The minimum atomic E-state index is -0.425. The van der Waals surface area contributed by atoms with Crippen LogP contribution in [-0.4, -0.2) is 31.0 Å². The molecule has 124 valence electrons. The number of carbonyl (C=O) groups excluding carboxylic acids is 1. The molecule has 0 saturated heterocycles. The van der Waals surface area contributed by atoms with Crippen LogP contribution in [0.15, 0.2) is 46.1 Å². The number of carbonyl (C=O) groups is 1. The number of nitrogens with zero attached hydrogens (tertiary/aromatic N) is 3. The topological polar surface area (TPSA) is 130 Å². The van der Waals surface area contributed by atoms with Crippen LogP contribution < -0.4 is 10.9 Å². The van der Waals surface area contributed by atoms with Crippen molar-refractivity contribution in [3.05, 3.63) is 58.6 Å². The predicted octanol–water partition coefficient (Wildman–Crippen LogP) is 1.86. The zero-order valence-electron chi connectivity index (χ0n) is 13.0. The van der Waals surface area contributed by atoms with Crippen LogP contribution in [0.1, 0.15) is 16.2 Å². The van der Waals surface area contributed by atoms with Crippen LogP contribution in [0.25, 0.3) is 22.4 Å². The Morgan fingerprint density at radius 2 is 2.16 bits per heavy atom. The molecule has 0 aliphatic heterocycles. The van der Waals surface area contributed by atoms with Crippen molar-refractivity contribution in [1.82, 2.24) is 25.1 Å². The number of rotatable bonds is 3. The van der Waals surface area contributed by atoms with Crippen LogP contribution in [0.2, 0.25) is 0 Å². The first-order valence-electron chi connectivity index (χ1n) is 7.38. The van der Waals surface area contributed by atoms with Gasteiger partial charge in [0.15, 0.2) is 0 Å². The number of aryl methyl sites for hydroxylation is 1. The van der Waals surface area contributed by atoms with Gasteiger partial charge in [-0.3, -0.25) is 9.59 Å². The molecule has 4 rings (SSSR count). The maximum absolute atomic E-state index is 12.5. The molecular formula is C16H12N6O3.